The van der Waals surface area contributed by atoms with Crippen LogP contribution in [-0.4, -0.2) is 41.8 Å². The van der Waals surface area contributed by atoms with E-state index in [1.165, 1.54) is 0 Å². The maximum atomic E-state index is 10.2. The van der Waals surface area contributed by atoms with Crippen molar-refractivity contribution in [3.8, 4) is 0 Å². The Hall–Kier alpha value is -0.900. The summed E-state index contributed by atoms with van der Waals surface area (Å²) >= 11 is 0. The number of β-amino-alcohol motifs (C(OH)–C–C–N with tert-alkyl or cyclic N) is 1. The summed E-state index contributed by atoms with van der Waals surface area (Å²) in [6.45, 7) is 6.64. The summed E-state index contributed by atoms with van der Waals surface area (Å²) in [6.07, 6.45) is 0.0946. The second-order valence-corrected chi connectivity index (χ2v) is 4.90. The molecule has 0 saturated carbocycles. The Kier molecular flexibility index (Phi) is 4.15. The van der Waals surface area contributed by atoms with Gasteiger partial charge in [-0.2, -0.15) is 0 Å². The lowest BCUT2D eigenvalue weighted by atomic mass is 10.1. The summed E-state index contributed by atoms with van der Waals surface area (Å²) in [5, 5.41) is 10.2. The Morgan fingerprint density at radius 3 is 2.41 bits per heavy atom. The maximum Gasteiger partial charge on any atom is 0.0916 e. The van der Waals surface area contributed by atoms with E-state index in [0.29, 0.717) is 6.54 Å². The van der Waals surface area contributed by atoms with Crippen LogP contribution in [0.5, 0.6) is 0 Å². The molecular formula is C14H21NO2. The van der Waals surface area contributed by atoms with Gasteiger partial charge in [-0.1, -0.05) is 30.3 Å². The van der Waals surface area contributed by atoms with Crippen LogP contribution in [-0.2, 0) is 4.74 Å². The molecule has 0 aliphatic carbocycles. The van der Waals surface area contributed by atoms with Gasteiger partial charge in [-0.15, -0.1) is 0 Å². The van der Waals surface area contributed by atoms with Gasteiger partial charge in [0.2, 0.25) is 0 Å². The first-order chi connectivity index (χ1) is 8.15. The van der Waals surface area contributed by atoms with Crippen molar-refractivity contribution in [1.29, 1.82) is 0 Å². The van der Waals surface area contributed by atoms with E-state index in [9.17, 15) is 5.11 Å². The van der Waals surface area contributed by atoms with Crippen LogP contribution in [0.4, 0.5) is 0 Å². The smallest absolute Gasteiger partial charge is 0.0916 e. The van der Waals surface area contributed by atoms with E-state index >= 15 is 0 Å². The standard InChI is InChI=1S/C14H21NO2/c1-11-8-15(9-12(2)17-11)10-14(16)13-6-4-3-5-7-13/h3-7,11-12,14,16H,8-10H2,1-2H3/t11-,12+,14-/m0/s1. The van der Waals surface area contributed by atoms with Crippen LogP contribution in [0.3, 0.4) is 0 Å². The van der Waals surface area contributed by atoms with Crippen LogP contribution in [0.25, 0.3) is 0 Å². The molecule has 3 nitrogen and oxygen atoms in total. The van der Waals surface area contributed by atoms with E-state index in [1.54, 1.807) is 0 Å². The summed E-state index contributed by atoms with van der Waals surface area (Å²) < 4.78 is 5.68. The Bertz CT molecular complexity index is 331. The topological polar surface area (TPSA) is 32.7 Å². The van der Waals surface area contributed by atoms with Gasteiger partial charge in [-0.25, -0.2) is 0 Å². The third-order valence-electron chi connectivity index (χ3n) is 3.11. The number of rotatable bonds is 3. The molecule has 0 radical (unpaired) electrons. The van der Waals surface area contributed by atoms with Gasteiger partial charge >= 0.3 is 0 Å². The lowest BCUT2D eigenvalue weighted by molar-refractivity contribution is -0.0767. The number of aliphatic hydroxyl groups is 1. The van der Waals surface area contributed by atoms with Gasteiger partial charge in [-0.05, 0) is 19.4 Å². The minimum atomic E-state index is -0.409. The highest BCUT2D eigenvalue weighted by atomic mass is 16.5. The number of ether oxygens (including phenoxy) is 1. The van der Waals surface area contributed by atoms with Gasteiger partial charge in [-0.3, -0.25) is 4.90 Å². The second kappa shape index (κ2) is 5.63. The van der Waals surface area contributed by atoms with Crippen molar-refractivity contribution < 1.29 is 9.84 Å². The zero-order valence-electron chi connectivity index (χ0n) is 10.5. The van der Waals surface area contributed by atoms with Gasteiger partial charge in [0.15, 0.2) is 0 Å². The molecule has 1 aromatic carbocycles. The predicted octanol–water partition coefficient (Wildman–Crippen LogP) is 1.83. The first kappa shape index (κ1) is 12.6. The molecule has 3 heteroatoms. The van der Waals surface area contributed by atoms with Crippen molar-refractivity contribution in [1.82, 2.24) is 4.90 Å². The van der Waals surface area contributed by atoms with E-state index in [0.717, 1.165) is 18.7 Å². The maximum absolute atomic E-state index is 10.2. The van der Waals surface area contributed by atoms with Crippen LogP contribution in [0.15, 0.2) is 30.3 Å². The van der Waals surface area contributed by atoms with Gasteiger partial charge < -0.3 is 9.84 Å². The predicted molar refractivity (Wildman–Crippen MR) is 67.9 cm³/mol. The van der Waals surface area contributed by atoms with Gasteiger partial charge in [0.25, 0.3) is 0 Å². The Morgan fingerprint density at radius 1 is 1.24 bits per heavy atom. The molecule has 2 rings (SSSR count). The molecule has 3 atom stereocenters. The molecule has 1 fully saturated rings. The number of benzene rings is 1. The van der Waals surface area contributed by atoms with Crippen molar-refractivity contribution in [2.75, 3.05) is 19.6 Å². The van der Waals surface area contributed by atoms with Crippen molar-refractivity contribution in [2.24, 2.45) is 0 Å². The molecule has 17 heavy (non-hydrogen) atoms. The molecule has 0 bridgehead atoms. The monoisotopic (exact) mass is 235 g/mol. The molecule has 0 amide bonds. The van der Waals surface area contributed by atoms with E-state index in [4.69, 9.17) is 4.74 Å². The lowest BCUT2D eigenvalue weighted by Crippen LogP contribution is -2.46. The van der Waals surface area contributed by atoms with E-state index < -0.39 is 6.10 Å². The highest BCUT2D eigenvalue weighted by molar-refractivity contribution is 5.17. The molecule has 1 saturated heterocycles. The fourth-order valence-corrected chi connectivity index (χ4v) is 2.46. The Balaban J connectivity index is 1.92. The molecule has 1 N–H and O–H groups in total. The SMILES string of the molecule is C[C@@H]1CN(C[C@H](O)c2ccccc2)C[C@H](C)O1. The first-order valence-corrected chi connectivity index (χ1v) is 6.26. The Labute approximate surface area is 103 Å². The van der Waals surface area contributed by atoms with Crippen LogP contribution in [0.2, 0.25) is 0 Å². The molecule has 1 aromatic rings. The highest BCUT2D eigenvalue weighted by Crippen LogP contribution is 2.17. The molecule has 1 aliphatic heterocycles. The van der Waals surface area contributed by atoms with E-state index in [-0.39, 0.29) is 12.2 Å². The zero-order valence-corrected chi connectivity index (χ0v) is 10.5. The molecule has 1 aliphatic rings. The number of hydrogen-bond donors (Lipinski definition) is 1. The third kappa shape index (κ3) is 3.53. The average Bonchev–Trinajstić information content (AvgIpc) is 2.28. The highest BCUT2D eigenvalue weighted by Gasteiger charge is 2.24. The lowest BCUT2D eigenvalue weighted by Gasteiger charge is -2.36. The van der Waals surface area contributed by atoms with E-state index in [2.05, 4.69) is 18.7 Å². The van der Waals surface area contributed by atoms with Gasteiger partial charge in [0, 0.05) is 19.6 Å². The van der Waals surface area contributed by atoms with E-state index in [1.807, 2.05) is 30.3 Å². The summed E-state index contributed by atoms with van der Waals surface area (Å²) in [7, 11) is 0. The van der Waals surface area contributed by atoms with Crippen molar-refractivity contribution in [2.45, 2.75) is 32.2 Å². The second-order valence-electron chi connectivity index (χ2n) is 4.90. The zero-order chi connectivity index (χ0) is 12.3. The fraction of sp³-hybridized carbons (Fsp3) is 0.571. The largest absolute Gasteiger partial charge is 0.387 e. The summed E-state index contributed by atoms with van der Waals surface area (Å²) in [4.78, 5) is 2.27. The number of nitrogens with zero attached hydrogens (tertiary/aromatic N) is 1. The van der Waals surface area contributed by atoms with Gasteiger partial charge in [0.05, 0.1) is 18.3 Å². The minimum Gasteiger partial charge on any atom is -0.387 e. The van der Waals surface area contributed by atoms with Crippen LogP contribution < -0.4 is 0 Å². The van der Waals surface area contributed by atoms with Crippen molar-refractivity contribution >= 4 is 0 Å². The fourth-order valence-electron chi connectivity index (χ4n) is 2.46. The minimum absolute atomic E-state index is 0.252. The summed E-state index contributed by atoms with van der Waals surface area (Å²) in [6, 6.07) is 9.83. The average molecular weight is 235 g/mol. The number of hydrogen-bond acceptors (Lipinski definition) is 3. The quantitative estimate of drug-likeness (QED) is 0.867. The van der Waals surface area contributed by atoms with Crippen LogP contribution >= 0.6 is 0 Å². The van der Waals surface area contributed by atoms with Crippen LogP contribution in [0.1, 0.15) is 25.5 Å². The van der Waals surface area contributed by atoms with Gasteiger partial charge in [0.1, 0.15) is 0 Å². The molecule has 0 spiro atoms. The van der Waals surface area contributed by atoms with Crippen LogP contribution in [0, 0.1) is 0 Å². The molecule has 0 aromatic heterocycles. The van der Waals surface area contributed by atoms with Crippen molar-refractivity contribution in [3.05, 3.63) is 35.9 Å². The summed E-state index contributed by atoms with van der Waals surface area (Å²) in [5.41, 5.74) is 0.985. The molecule has 1 heterocycles. The first-order valence-electron chi connectivity index (χ1n) is 6.26. The Morgan fingerprint density at radius 2 is 1.82 bits per heavy atom. The molecular weight excluding hydrogens is 214 g/mol. The number of morpholine rings is 1. The third-order valence-corrected chi connectivity index (χ3v) is 3.11. The number of aliphatic hydroxyl groups excluding tert-OH is 1. The summed E-state index contributed by atoms with van der Waals surface area (Å²) in [5.74, 6) is 0. The molecule has 0 unspecified atom stereocenters. The molecule has 94 valence electrons. The van der Waals surface area contributed by atoms with Crippen molar-refractivity contribution in [3.63, 3.8) is 0 Å². The normalized spacial score (nSPS) is 27.9.